The third-order valence-electron chi connectivity index (χ3n) is 13.3. The van der Waals surface area contributed by atoms with Crippen molar-refractivity contribution in [1.29, 1.82) is 0 Å². The number of rotatable bonds is 5. The fourth-order valence-corrected chi connectivity index (χ4v) is 10.4. The predicted molar refractivity (Wildman–Crippen MR) is 258 cm³/mol. The topological polar surface area (TPSA) is 38.7 Å². The van der Waals surface area contributed by atoms with E-state index in [1.165, 1.54) is 60.7 Å². The molecule has 1 spiro atoms. The van der Waals surface area contributed by atoms with Gasteiger partial charge in [-0.3, -0.25) is 0 Å². The van der Waals surface area contributed by atoms with Crippen molar-refractivity contribution in [3.05, 3.63) is 247 Å². The van der Waals surface area contributed by atoms with Gasteiger partial charge in [-0.1, -0.05) is 188 Å². The normalized spacial score (nSPS) is 12.9. The molecule has 13 rings (SSSR count). The Kier molecular flexibility index (Phi) is 7.82. The summed E-state index contributed by atoms with van der Waals surface area (Å²) in [5, 5.41) is 4.73. The van der Waals surface area contributed by atoms with Gasteiger partial charge in [0.25, 0.3) is 0 Å². The second-order valence-electron chi connectivity index (χ2n) is 16.7. The molecule has 3 heteroatoms. The van der Waals surface area contributed by atoms with E-state index >= 15 is 0 Å². The highest BCUT2D eigenvalue weighted by Gasteiger charge is 2.51. The molecule has 0 saturated heterocycles. The van der Waals surface area contributed by atoms with Crippen LogP contribution < -0.4 is 0 Å². The van der Waals surface area contributed by atoms with E-state index in [-0.39, 0.29) is 0 Å². The number of hydrogen-bond donors (Lipinski definition) is 0. The summed E-state index contributed by atoms with van der Waals surface area (Å²) < 4.78 is 0. The van der Waals surface area contributed by atoms with Crippen LogP contribution in [0.15, 0.2) is 224 Å². The molecule has 0 radical (unpaired) electrons. The first-order valence-corrected chi connectivity index (χ1v) is 21.6. The van der Waals surface area contributed by atoms with Crippen molar-refractivity contribution in [3.8, 4) is 78.7 Å². The first-order chi connectivity index (χ1) is 31.2. The van der Waals surface area contributed by atoms with Crippen LogP contribution in [0.5, 0.6) is 0 Å². The lowest BCUT2D eigenvalue weighted by atomic mass is 9.70. The van der Waals surface area contributed by atoms with Crippen molar-refractivity contribution in [2.24, 2.45) is 0 Å². The van der Waals surface area contributed by atoms with Crippen LogP contribution in [-0.2, 0) is 5.41 Å². The average Bonchev–Trinajstić information content (AvgIpc) is 3.83. The van der Waals surface area contributed by atoms with Crippen molar-refractivity contribution in [2.45, 2.75) is 5.41 Å². The highest BCUT2D eigenvalue weighted by Crippen LogP contribution is 2.63. The van der Waals surface area contributed by atoms with Gasteiger partial charge in [-0.15, -0.1) is 0 Å². The van der Waals surface area contributed by atoms with Gasteiger partial charge in [0, 0.05) is 16.7 Å². The molecule has 63 heavy (non-hydrogen) atoms. The Labute approximate surface area is 365 Å². The Morgan fingerprint density at radius 1 is 0.222 bits per heavy atom. The zero-order valence-electron chi connectivity index (χ0n) is 34.2. The summed E-state index contributed by atoms with van der Waals surface area (Å²) in [6.45, 7) is 0. The van der Waals surface area contributed by atoms with E-state index < -0.39 is 5.41 Å². The minimum absolute atomic E-state index is 0.443. The zero-order chi connectivity index (χ0) is 41.5. The smallest absolute Gasteiger partial charge is 0.164 e. The number of aromatic nitrogens is 3. The molecule has 0 bridgehead atoms. The highest BCUT2D eigenvalue weighted by molar-refractivity contribution is 5.97. The molecule has 1 aromatic heterocycles. The van der Waals surface area contributed by atoms with Gasteiger partial charge in [-0.25, -0.2) is 15.0 Å². The molecule has 10 aromatic carbocycles. The number of nitrogens with zero attached hydrogens (tertiary/aromatic N) is 3. The summed E-state index contributed by atoms with van der Waals surface area (Å²) in [4.78, 5) is 15.7. The quantitative estimate of drug-likeness (QED) is 0.174. The molecule has 11 aromatic rings. The van der Waals surface area contributed by atoms with Crippen molar-refractivity contribution >= 4 is 21.5 Å². The summed E-state index contributed by atoms with van der Waals surface area (Å²) in [6.07, 6.45) is 0. The van der Waals surface area contributed by atoms with Crippen molar-refractivity contribution in [2.75, 3.05) is 0 Å². The third-order valence-corrected chi connectivity index (χ3v) is 13.3. The van der Waals surface area contributed by atoms with Gasteiger partial charge in [0.15, 0.2) is 17.5 Å². The largest absolute Gasteiger partial charge is 0.208 e. The summed E-state index contributed by atoms with van der Waals surface area (Å²) in [7, 11) is 0. The zero-order valence-corrected chi connectivity index (χ0v) is 34.2. The standard InChI is InChI=1S/C60H37N3/c1-2-16-40(17-3-1)57-61-58(45-29-27-39-15-5-7-19-42(39)33-45)63-59(62-57)48-35-46(43-28-26-38-14-4-6-18-41(38)32-43)34-47(36-48)44-30-31-52-51-22-10-13-25-55(51)60(56(52)37-44)53-23-11-8-20-49(53)50-21-9-12-24-54(50)60/h1-37H. The molecular weight excluding hydrogens is 763 g/mol. The minimum Gasteiger partial charge on any atom is -0.208 e. The Balaban J connectivity index is 1.05. The molecule has 2 aliphatic carbocycles. The number of benzene rings is 10. The molecule has 2 aliphatic rings. The Morgan fingerprint density at radius 3 is 1.21 bits per heavy atom. The highest BCUT2D eigenvalue weighted by atomic mass is 15.0. The fourth-order valence-electron chi connectivity index (χ4n) is 10.4. The van der Waals surface area contributed by atoms with E-state index in [1.54, 1.807) is 0 Å². The first-order valence-electron chi connectivity index (χ1n) is 21.6. The number of fused-ring (bicyclic) bond motifs is 12. The van der Waals surface area contributed by atoms with E-state index in [0.29, 0.717) is 17.5 Å². The van der Waals surface area contributed by atoms with Crippen LogP contribution in [0.4, 0.5) is 0 Å². The van der Waals surface area contributed by atoms with Gasteiger partial charge < -0.3 is 0 Å². The summed E-state index contributed by atoms with van der Waals surface area (Å²) >= 11 is 0. The fraction of sp³-hybridized carbons (Fsp3) is 0.0167. The van der Waals surface area contributed by atoms with E-state index in [2.05, 4.69) is 206 Å². The molecule has 292 valence electrons. The molecule has 3 nitrogen and oxygen atoms in total. The van der Waals surface area contributed by atoms with Crippen LogP contribution in [0.1, 0.15) is 22.3 Å². The van der Waals surface area contributed by atoms with Crippen molar-refractivity contribution < 1.29 is 0 Å². The minimum atomic E-state index is -0.443. The monoisotopic (exact) mass is 799 g/mol. The molecule has 1 heterocycles. The molecule has 0 unspecified atom stereocenters. The van der Waals surface area contributed by atoms with Crippen molar-refractivity contribution in [3.63, 3.8) is 0 Å². The van der Waals surface area contributed by atoms with Crippen LogP contribution in [-0.4, -0.2) is 15.0 Å². The molecule has 0 atom stereocenters. The number of hydrogen-bond acceptors (Lipinski definition) is 3. The predicted octanol–water partition coefficient (Wildman–Crippen LogP) is 14.9. The molecule has 0 saturated carbocycles. The maximum Gasteiger partial charge on any atom is 0.164 e. The van der Waals surface area contributed by atoms with Crippen LogP contribution in [0, 0.1) is 0 Å². The summed E-state index contributed by atoms with van der Waals surface area (Å²) in [6, 6.07) is 81.3. The molecule has 0 aliphatic heterocycles. The van der Waals surface area contributed by atoms with Gasteiger partial charge in [-0.2, -0.15) is 0 Å². The van der Waals surface area contributed by atoms with Crippen LogP contribution in [0.3, 0.4) is 0 Å². The Morgan fingerprint density at radius 2 is 0.619 bits per heavy atom. The van der Waals surface area contributed by atoms with E-state index in [9.17, 15) is 0 Å². The average molecular weight is 800 g/mol. The lowest BCUT2D eigenvalue weighted by Gasteiger charge is -2.30. The molecule has 0 amide bonds. The second kappa shape index (κ2) is 13.9. The van der Waals surface area contributed by atoms with Gasteiger partial charge in [0.2, 0.25) is 0 Å². The van der Waals surface area contributed by atoms with Gasteiger partial charge in [0.05, 0.1) is 5.41 Å². The molecule has 0 N–H and O–H groups in total. The Bertz CT molecular complexity index is 3580. The van der Waals surface area contributed by atoms with Crippen LogP contribution >= 0.6 is 0 Å². The first kappa shape index (κ1) is 35.5. The van der Waals surface area contributed by atoms with Gasteiger partial charge >= 0.3 is 0 Å². The second-order valence-corrected chi connectivity index (χ2v) is 16.7. The van der Waals surface area contributed by atoms with Crippen LogP contribution in [0.2, 0.25) is 0 Å². The van der Waals surface area contributed by atoms with E-state index in [4.69, 9.17) is 15.0 Å². The van der Waals surface area contributed by atoms with Crippen molar-refractivity contribution in [1.82, 2.24) is 15.0 Å². The van der Waals surface area contributed by atoms with Crippen LogP contribution in [0.25, 0.3) is 100 Å². The third kappa shape index (κ3) is 5.50. The van der Waals surface area contributed by atoms with Gasteiger partial charge in [-0.05, 0) is 125 Å². The SMILES string of the molecule is c1ccc(-c2nc(-c3cc(-c4ccc5c(c4)C4(c6ccccc6-c6ccccc64)c4ccccc4-5)cc(-c4ccc5ccccc5c4)c3)nc(-c3ccc4ccccc4c3)n2)cc1. The maximum absolute atomic E-state index is 5.30. The Hall–Kier alpha value is -8.27. The summed E-state index contributed by atoms with van der Waals surface area (Å²) in [5.41, 5.74) is 17.3. The lowest BCUT2D eigenvalue weighted by molar-refractivity contribution is 0.794. The van der Waals surface area contributed by atoms with E-state index in [1.807, 2.05) is 18.2 Å². The van der Waals surface area contributed by atoms with E-state index in [0.717, 1.165) is 44.3 Å². The lowest BCUT2D eigenvalue weighted by Crippen LogP contribution is -2.25. The molecule has 0 fully saturated rings. The molecular formula is C60H37N3. The van der Waals surface area contributed by atoms with Gasteiger partial charge in [0.1, 0.15) is 0 Å². The maximum atomic E-state index is 5.30. The summed E-state index contributed by atoms with van der Waals surface area (Å²) in [5.74, 6) is 1.90.